The van der Waals surface area contributed by atoms with Gasteiger partial charge >= 0.3 is 0 Å². The van der Waals surface area contributed by atoms with Crippen LogP contribution in [0.4, 0.5) is 0 Å². The summed E-state index contributed by atoms with van der Waals surface area (Å²) in [6, 6.07) is 72.9. The topological polar surface area (TPSA) is 0 Å². The van der Waals surface area contributed by atoms with Crippen molar-refractivity contribution in [2.45, 2.75) is 26.7 Å². The Hall–Kier alpha value is -7.06. The fraction of sp³-hybridized carbons (Fsp3) is 0.0667. The minimum atomic E-state index is 0.986. The zero-order chi connectivity index (χ0) is 40.6. The summed E-state index contributed by atoms with van der Waals surface area (Å²) >= 11 is 1.95. The van der Waals surface area contributed by atoms with Crippen molar-refractivity contribution >= 4 is 85.4 Å². The van der Waals surface area contributed by atoms with E-state index in [2.05, 4.69) is 208 Å². The number of hydrogen-bond donors (Lipinski definition) is 0. The van der Waals surface area contributed by atoms with Gasteiger partial charge in [0.05, 0.1) is 0 Å². The highest BCUT2D eigenvalue weighted by molar-refractivity contribution is 7.26. The number of rotatable bonds is 6. The molecular weight excluding hydrogens is 753 g/mol. The fourth-order valence-corrected chi connectivity index (χ4v) is 11.8. The third-order valence-corrected chi connectivity index (χ3v) is 14.4. The van der Waals surface area contributed by atoms with Crippen molar-refractivity contribution in [3.05, 3.63) is 205 Å². The van der Waals surface area contributed by atoms with Crippen molar-refractivity contribution in [2.75, 3.05) is 0 Å². The van der Waals surface area contributed by atoms with Gasteiger partial charge in [0.1, 0.15) is 0 Å². The third kappa shape index (κ3) is 5.44. The van der Waals surface area contributed by atoms with E-state index >= 15 is 0 Å². The smallest absolute Gasteiger partial charge is 0.0440 e. The SMILES string of the molecule is CCc1ccccc1-c1c(CC)ccc2sc3c(-c4ccc(-c5c6ccccc6c(-c6cccc7ccccc67)c6ccccc56)c5ccccc45)c4ccccc4cc3c12. The van der Waals surface area contributed by atoms with Crippen LogP contribution in [0, 0.1) is 0 Å². The van der Waals surface area contributed by atoms with Gasteiger partial charge in [-0.05, 0) is 129 Å². The molecule has 0 spiro atoms. The molecule has 0 nitrogen and oxygen atoms in total. The van der Waals surface area contributed by atoms with E-state index < -0.39 is 0 Å². The van der Waals surface area contributed by atoms with Crippen LogP contribution >= 0.6 is 11.3 Å². The van der Waals surface area contributed by atoms with Crippen LogP contribution in [0.3, 0.4) is 0 Å². The van der Waals surface area contributed by atoms with Gasteiger partial charge in [0.2, 0.25) is 0 Å². The Morgan fingerprint density at radius 3 is 1.43 bits per heavy atom. The van der Waals surface area contributed by atoms with E-state index in [0.717, 1.165) is 12.8 Å². The first-order valence-corrected chi connectivity index (χ1v) is 22.5. The molecule has 0 N–H and O–H groups in total. The predicted molar refractivity (Wildman–Crippen MR) is 267 cm³/mol. The first kappa shape index (κ1) is 35.8. The van der Waals surface area contributed by atoms with E-state index in [1.807, 2.05) is 11.3 Å². The van der Waals surface area contributed by atoms with Gasteiger partial charge in [-0.1, -0.05) is 196 Å². The van der Waals surface area contributed by atoms with Gasteiger partial charge in [-0.25, -0.2) is 0 Å². The summed E-state index contributed by atoms with van der Waals surface area (Å²) < 4.78 is 2.69. The van der Waals surface area contributed by atoms with Crippen LogP contribution in [0.1, 0.15) is 25.0 Å². The second-order valence-electron chi connectivity index (χ2n) is 16.4. The average Bonchev–Trinajstić information content (AvgIpc) is 3.70. The van der Waals surface area contributed by atoms with Crippen molar-refractivity contribution in [1.82, 2.24) is 0 Å². The van der Waals surface area contributed by atoms with E-state index in [4.69, 9.17) is 0 Å². The highest BCUT2D eigenvalue weighted by Crippen LogP contribution is 2.52. The van der Waals surface area contributed by atoms with Gasteiger partial charge < -0.3 is 0 Å². The molecule has 0 amide bonds. The molecule has 0 atom stereocenters. The van der Waals surface area contributed by atoms with Crippen LogP contribution in [0.5, 0.6) is 0 Å². The molecule has 0 saturated heterocycles. The number of aryl methyl sites for hydroxylation is 2. The molecule has 1 heterocycles. The quantitative estimate of drug-likeness (QED) is 0.147. The third-order valence-electron chi connectivity index (χ3n) is 13.2. The maximum atomic E-state index is 2.47. The predicted octanol–water partition coefficient (Wildman–Crippen LogP) is 17.6. The van der Waals surface area contributed by atoms with Crippen LogP contribution in [0.2, 0.25) is 0 Å². The Labute approximate surface area is 360 Å². The molecule has 61 heavy (non-hydrogen) atoms. The lowest BCUT2D eigenvalue weighted by molar-refractivity contribution is 1.12. The van der Waals surface area contributed by atoms with Crippen molar-refractivity contribution in [1.29, 1.82) is 0 Å². The number of thiophene rings is 1. The molecule has 0 unspecified atom stereocenters. The summed E-state index contributed by atoms with van der Waals surface area (Å²) in [5, 5.41) is 15.5. The second-order valence-corrected chi connectivity index (χ2v) is 17.4. The molecule has 0 aliphatic heterocycles. The Kier molecular flexibility index (Phi) is 8.40. The summed E-state index contributed by atoms with van der Waals surface area (Å²) in [7, 11) is 0. The summed E-state index contributed by atoms with van der Waals surface area (Å²) in [6.45, 7) is 4.58. The van der Waals surface area contributed by atoms with Gasteiger partial charge in [0.15, 0.2) is 0 Å². The molecule has 1 aromatic heterocycles. The van der Waals surface area contributed by atoms with Gasteiger partial charge in [-0.2, -0.15) is 0 Å². The van der Waals surface area contributed by atoms with Crippen LogP contribution in [0.25, 0.3) is 119 Å². The molecule has 1 heteroatoms. The van der Waals surface area contributed by atoms with Crippen LogP contribution in [-0.2, 0) is 12.8 Å². The molecule has 0 aliphatic rings. The van der Waals surface area contributed by atoms with Gasteiger partial charge in [-0.3, -0.25) is 0 Å². The summed E-state index contributed by atoms with van der Waals surface area (Å²) in [5.41, 5.74) is 13.3. The van der Waals surface area contributed by atoms with Crippen molar-refractivity contribution in [2.24, 2.45) is 0 Å². The maximum absolute atomic E-state index is 2.47. The van der Waals surface area contributed by atoms with E-state index in [-0.39, 0.29) is 0 Å². The molecule has 0 fully saturated rings. The second kappa shape index (κ2) is 14.3. The van der Waals surface area contributed by atoms with Gasteiger partial charge in [0.25, 0.3) is 0 Å². The van der Waals surface area contributed by atoms with E-state index in [1.165, 1.54) is 130 Å². The molecule has 11 aromatic carbocycles. The zero-order valence-electron chi connectivity index (χ0n) is 34.3. The highest BCUT2D eigenvalue weighted by atomic mass is 32.1. The average molecular weight is 795 g/mol. The molecule has 12 aromatic rings. The monoisotopic (exact) mass is 794 g/mol. The van der Waals surface area contributed by atoms with Crippen molar-refractivity contribution < 1.29 is 0 Å². The maximum Gasteiger partial charge on any atom is 0.0440 e. The molecule has 12 rings (SSSR count). The molecular formula is C60H42S. The minimum absolute atomic E-state index is 0.986. The van der Waals surface area contributed by atoms with E-state index in [0.29, 0.717) is 0 Å². The molecule has 0 aliphatic carbocycles. The Bertz CT molecular complexity index is 3670. The summed E-state index contributed by atoms with van der Waals surface area (Å²) in [4.78, 5) is 0. The largest absolute Gasteiger partial charge is 0.134 e. The number of hydrogen-bond acceptors (Lipinski definition) is 1. The Morgan fingerprint density at radius 2 is 0.787 bits per heavy atom. The minimum Gasteiger partial charge on any atom is -0.134 e. The molecule has 288 valence electrons. The lowest BCUT2D eigenvalue weighted by Crippen LogP contribution is -1.94. The standard InChI is InChI=1S/C60H42S/c1-3-37-18-5-9-23-42(37)55-38(4-2)32-35-54-59(55)53-36-40-20-7-10-24-43(40)58(60(53)61-54)52-34-33-51(44-25-11-12-26-45(44)52)57-49-29-15-13-27-47(49)56(48-28-14-16-30-50(48)57)46-31-17-21-39-19-6-8-22-41(39)46/h5-36H,3-4H2,1-2H3. The number of fused-ring (bicyclic) bond motifs is 8. The first-order valence-electron chi connectivity index (χ1n) is 21.6. The van der Waals surface area contributed by atoms with Gasteiger partial charge in [-0.15, -0.1) is 11.3 Å². The lowest BCUT2D eigenvalue weighted by Gasteiger charge is -2.20. The van der Waals surface area contributed by atoms with Crippen LogP contribution < -0.4 is 0 Å². The van der Waals surface area contributed by atoms with Crippen LogP contribution in [0.15, 0.2) is 194 Å². The zero-order valence-corrected chi connectivity index (χ0v) is 35.1. The first-order chi connectivity index (χ1) is 30.2. The highest BCUT2D eigenvalue weighted by Gasteiger charge is 2.24. The summed E-state index contributed by atoms with van der Waals surface area (Å²) in [5.74, 6) is 0. The van der Waals surface area contributed by atoms with E-state index in [9.17, 15) is 0 Å². The normalized spacial score (nSPS) is 11.9. The van der Waals surface area contributed by atoms with Gasteiger partial charge in [0, 0.05) is 25.7 Å². The van der Waals surface area contributed by atoms with Crippen LogP contribution in [-0.4, -0.2) is 0 Å². The van der Waals surface area contributed by atoms with Crippen molar-refractivity contribution in [3.63, 3.8) is 0 Å². The molecule has 0 saturated carbocycles. The lowest BCUT2D eigenvalue weighted by atomic mass is 9.82. The molecule has 0 radical (unpaired) electrons. The number of benzene rings is 11. The summed E-state index contributed by atoms with van der Waals surface area (Å²) in [6.07, 6.45) is 1.99. The molecule has 0 bridgehead atoms. The fourth-order valence-electron chi connectivity index (χ4n) is 10.5. The van der Waals surface area contributed by atoms with Crippen molar-refractivity contribution in [3.8, 4) is 44.5 Å². The Balaban J connectivity index is 1.17. The Morgan fingerprint density at radius 1 is 0.311 bits per heavy atom. The van der Waals surface area contributed by atoms with E-state index in [1.54, 1.807) is 0 Å².